The number of hydrogen-bond donors (Lipinski definition) is 1. The predicted molar refractivity (Wildman–Crippen MR) is 60.6 cm³/mol. The quantitative estimate of drug-likeness (QED) is 0.807. The third kappa shape index (κ3) is 2.01. The second-order valence-corrected chi connectivity index (χ2v) is 5.99. The summed E-state index contributed by atoms with van der Waals surface area (Å²) in [6, 6.07) is 2.11. The van der Waals surface area contributed by atoms with E-state index in [0.717, 1.165) is 12.0 Å². The highest BCUT2D eigenvalue weighted by Crippen LogP contribution is 2.46. The minimum atomic E-state index is -0.245. The molecule has 1 fully saturated rings. The Kier molecular flexibility index (Phi) is 2.67. The number of aliphatic hydroxyl groups is 1. The van der Waals surface area contributed by atoms with Crippen LogP contribution in [0.5, 0.6) is 0 Å². The largest absolute Gasteiger partial charge is 0.388 e. The smallest absolute Gasteiger partial charge is 0.0803 e. The molecular formula is C12H18OS. The highest BCUT2D eigenvalue weighted by Gasteiger charge is 2.34. The number of rotatable bonds is 3. The molecule has 0 bridgehead atoms. The molecule has 1 nitrogen and oxygen atoms in total. The first kappa shape index (κ1) is 10.2. The minimum Gasteiger partial charge on any atom is -0.388 e. The molecule has 78 valence electrons. The summed E-state index contributed by atoms with van der Waals surface area (Å²) in [5, 5.41) is 12.1. The first-order chi connectivity index (χ1) is 6.59. The van der Waals surface area contributed by atoms with Gasteiger partial charge in [-0.2, -0.15) is 0 Å². The average molecular weight is 210 g/mol. The van der Waals surface area contributed by atoms with Crippen LogP contribution < -0.4 is 0 Å². The van der Waals surface area contributed by atoms with Crippen LogP contribution in [-0.4, -0.2) is 5.11 Å². The van der Waals surface area contributed by atoms with Gasteiger partial charge in [-0.15, -0.1) is 11.3 Å². The third-order valence-corrected chi connectivity index (χ3v) is 4.26. The maximum atomic E-state index is 10.0. The SMILES string of the molecule is Cc1cc(C(O)CC2(C)CCC2)cs1. The van der Waals surface area contributed by atoms with Gasteiger partial charge in [-0.1, -0.05) is 13.3 Å². The van der Waals surface area contributed by atoms with Crippen molar-refractivity contribution in [3.05, 3.63) is 21.9 Å². The molecule has 0 spiro atoms. The zero-order valence-electron chi connectivity index (χ0n) is 8.92. The Balaban J connectivity index is 1.98. The maximum Gasteiger partial charge on any atom is 0.0803 e. The van der Waals surface area contributed by atoms with Crippen molar-refractivity contribution < 1.29 is 5.11 Å². The van der Waals surface area contributed by atoms with Gasteiger partial charge >= 0.3 is 0 Å². The Morgan fingerprint density at radius 1 is 1.57 bits per heavy atom. The van der Waals surface area contributed by atoms with Crippen LogP contribution in [0.15, 0.2) is 11.4 Å². The van der Waals surface area contributed by atoms with Gasteiger partial charge in [0.15, 0.2) is 0 Å². The van der Waals surface area contributed by atoms with Crippen LogP contribution in [0.4, 0.5) is 0 Å². The van der Waals surface area contributed by atoms with Gasteiger partial charge in [0.05, 0.1) is 6.10 Å². The molecule has 1 N–H and O–H groups in total. The van der Waals surface area contributed by atoms with Crippen LogP contribution in [0.25, 0.3) is 0 Å². The molecule has 1 unspecified atom stereocenters. The summed E-state index contributed by atoms with van der Waals surface area (Å²) >= 11 is 1.72. The molecule has 0 saturated heterocycles. The molecule has 2 heteroatoms. The number of thiophene rings is 1. The van der Waals surface area contributed by atoms with E-state index in [9.17, 15) is 5.11 Å². The lowest BCUT2D eigenvalue weighted by Gasteiger charge is -2.39. The van der Waals surface area contributed by atoms with Crippen LogP contribution in [0.2, 0.25) is 0 Å². The molecule has 1 saturated carbocycles. The summed E-state index contributed by atoms with van der Waals surface area (Å²) in [6.07, 6.45) is 4.60. The monoisotopic (exact) mass is 210 g/mol. The number of aliphatic hydroxyl groups excluding tert-OH is 1. The van der Waals surface area contributed by atoms with Crippen LogP contribution in [0.1, 0.15) is 49.2 Å². The van der Waals surface area contributed by atoms with E-state index >= 15 is 0 Å². The Bertz CT molecular complexity index is 312. The minimum absolute atomic E-state index is 0.245. The second kappa shape index (κ2) is 3.67. The molecule has 0 aliphatic heterocycles. The zero-order chi connectivity index (χ0) is 10.2. The fourth-order valence-electron chi connectivity index (χ4n) is 2.21. The molecule has 0 amide bonds. The topological polar surface area (TPSA) is 20.2 Å². The molecular weight excluding hydrogens is 192 g/mol. The van der Waals surface area contributed by atoms with Crippen molar-refractivity contribution in [3.8, 4) is 0 Å². The van der Waals surface area contributed by atoms with Crippen LogP contribution in [-0.2, 0) is 0 Å². The van der Waals surface area contributed by atoms with Crippen LogP contribution >= 0.6 is 11.3 Å². The maximum absolute atomic E-state index is 10.0. The lowest BCUT2D eigenvalue weighted by Crippen LogP contribution is -2.27. The summed E-state index contributed by atoms with van der Waals surface area (Å²) in [4.78, 5) is 1.29. The van der Waals surface area contributed by atoms with Gasteiger partial charge in [0.1, 0.15) is 0 Å². The molecule has 1 aromatic heterocycles. The van der Waals surface area contributed by atoms with E-state index in [4.69, 9.17) is 0 Å². The summed E-state index contributed by atoms with van der Waals surface area (Å²) in [6.45, 7) is 4.38. The van der Waals surface area contributed by atoms with Crippen LogP contribution in [0, 0.1) is 12.3 Å². The van der Waals surface area contributed by atoms with Crippen molar-refractivity contribution >= 4 is 11.3 Å². The van der Waals surface area contributed by atoms with E-state index in [1.807, 2.05) is 0 Å². The van der Waals surface area contributed by atoms with Gasteiger partial charge in [-0.05, 0) is 48.6 Å². The van der Waals surface area contributed by atoms with Crippen molar-refractivity contribution in [2.45, 2.75) is 45.6 Å². The molecule has 0 radical (unpaired) electrons. The Morgan fingerprint density at radius 2 is 2.29 bits per heavy atom. The number of aryl methyl sites for hydroxylation is 1. The molecule has 14 heavy (non-hydrogen) atoms. The van der Waals surface area contributed by atoms with Crippen LogP contribution in [0.3, 0.4) is 0 Å². The van der Waals surface area contributed by atoms with E-state index in [1.54, 1.807) is 11.3 Å². The van der Waals surface area contributed by atoms with Gasteiger partial charge in [-0.3, -0.25) is 0 Å². The molecule has 1 aliphatic carbocycles. The fraction of sp³-hybridized carbons (Fsp3) is 0.667. The summed E-state index contributed by atoms with van der Waals surface area (Å²) < 4.78 is 0. The zero-order valence-corrected chi connectivity index (χ0v) is 9.73. The van der Waals surface area contributed by atoms with Crippen molar-refractivity contribution in [2.75, 3.05) is 0 Å². The standard InChI is InChI=1S/C12H18OS/c1-9-6-10(8-14-9)11(13)7-12(2)4-3-5-12/h6,8,11,13H,3-5,7H2,1-2H3. The fourth-order valence-corrected chi connectivity index (χ4v) is 2.96. The van der Waals surface area contributed by atoms with E-state index in [2.05, 4.69) is 25.3 Å². The van der Waals surface area contributed by atoms with E-state index < -0.39 is 0 Å². The normalized spacial score (nSPS) is 21.6. The van der Waals surface area contributed by atoms with Crippen molar-refractivity contribution in [1.29, 1.82) is 0 Å². The van der Waals surface area contributed by atoms with Gasteiger partial charge in [0.25, 0.3) is 0 Å². The second-order valence-electron chi connectivity index (χ2n) is 4.87. The van der Waals surface area contributed by atoms with E-state index in [0.29, 0.717) is 5.41 Å². The summed E-state index contributed by atoms with van der Waals surface area (Å²) in [5.74, 6) is 0. The van der Waals surface area contributed by atoms with E-state index in [1.165, 1.54) is 24.1 Å². The first-order valence-corrected chi connectivity index (χ1v) is 6.20. The number of hydrogen-bond acceptors (Lipinski definition) is 2. The molecule has 1 aromatic rings. The van der Waals surface area contributed by atoms with Gasteiger partial charge in [0.2, 0.25) is 0 Å². The lowest BCUT2D eigenvalue weighted by atomic mass is 9.67. The molecule has 2 rings (SSSR count). The van der Waals surface area contributed by atoms with Crippen molar-refractivity contribution in [1.82, 2.24) is 0 Å². The average Bonchev–Trinajstić information content (AvgIpc) is 2.49. The van der Waals surface area contributed by atoms with Gasteiger partial charge in [-0.25, -0.2) is 0 Å². The molecule has 1 aliphatic rings. The lowest BCUT2D eigenvalue weighted by molar-refractivity contribution is 0.0549. The highest BCUT2D eigenvalue weighted by atomic mass is 32.1. The Hall–Kier alpha value is -0.340. The molecule has 1 heterocycles. The van der Waals surface area contributed by atoms with Crippen molar-refractivity contribution in [3.63, 3.8) is 0 Å². The molecule has 0 aromatic carbocycles. The van der Waals surface area contributed by atoms with Crippen molar-refractivity contribution in [2.24, 2.45) is 5.41 Å². The summed E-state index contributed by atoms with van der Waals surface area (Å²) in [7, 11) is 0. The predicted octanol–water partition coefficient (Wildman–Crippen LogP) is 3.67. The first-order valence-electron chi connectivity index (χ1n) is 5.32. The highest BCUT2D eigenvalue weighted by molar-refractivity contribution is 7.10. The molecule has 1 atom stereocenters. The Morgan fingerprint density at radius 3 is 2.71 bits per heavy atom. The Labute approximate surface area is 89.8 Å². The van der Waals surface area contributed by atoms with Gasteiger partial charge < -0.3 is 5.11 Å². The summed E-state index contributed by atoms with van der Waals surface area (Å²) in [5.41, 5.74) is 1.52. The van der Waals surface area contributed by atoms with Gasteiger partial charge in [0, 0.05) is 4.88 Å². The third-order valence-electron chi connectivity index (χ3n) is 3.38. The van der Waals surface area contributed by atoms with E-state index in [-0.39, 0.29) is 6.10 Å².